The first kappa shape index (κ1) is 8.10. The second kappa shape index (κ2) is 3.08. The van der Waals surface area contributed by atoms with Gasteiger partial charge in [-0.1, -0.05) is 17.7 Å². The Morgan fingerprint density at radius 2 is 2.33 bits per heavy atom. The maximum absolute atomic E-state index is 3.84. The Kier molecular flexibility index (Phi) is 2.08. The summed E-state index contributed by atoms with van der Waals surface area (Å²) in [5, 5.41) is 0. The lowest BCUT2D eigenvalue weighted by molar-refractivity contribution is 0.401. The molecule has 0 saturated heterocycles. The molecule has 0 N–H and O–H groups in total. The molecule has 0 aromatic carbocycles. The third-order valence-corrected chi connectivity index (χ3v) is 3.63. The molecule has 2 aliphatic carbocycles. The summed E-state index contributed by atoms with van der Waals surface area (Å²) in [5.41, 5.74) is 1.73. The minimum absolute atomic E-state index is 0.929. The maximum atomic E-state index is 3.84. The average molecular weight is 162 g/mol. The summed E-state index contributed by atoms with van der Waals surface area (Å²) in [6.07, 6.45) is 10.0. The lowest BCUT2D eigenvalue weighted by Gasteiger charge is -2.22. The summed E-state index contributed by atoms with van der Waals surface area (Å²) in [4.78, 5) is 0. The van der Waals surface area contributed by atoms with Crippen molar-refractivity contribution in [3.8, 4) is 0 Å². The summed E-state index contributed by atoms with van der Waals surface area (Å²) in [6, 6.07) is 0. The first-order valence-corrected chi connectivity index (χ1v) is 5.11. The SMILES string of the molecule is C=CCC1CC2CC(=CC)C1C2. The molecular weight excluding hydrogens is 144 g/mol. The van der Waals surface area contributed by atoms with Gasteiger partial charge in [0, 0.05) is 0 Å². The summed E-state index contributed by atoms with van der Waals surface area (Å²) in [6.45, 7) is 6.03. The summed E-state index contributed by atoms with van der Waals surface area (Å²) >= 11 is 0. The first-order chi connectivity index (χ1) is 5.85. The van der Waals surface area contributed by atoms with Gasteiger partial charge in [0.05, 0.1) is 0 Å². The molecule has 2 saturated carbocycles. The number of fused-ring (bicyclic) bond motifs is 2. The Balaban J connectivity index is 2.09. The van der Waals surface area contributed by atoms with E-state index in [1.165, 1.54) is 25.7 Å². The number of hydrogen-bond acceptors (Lipinski definition) is 0. The maximum Gasteiger partial charge on any atom is -0.0169 e. The van der Waals surface area contributed by atoms with Crippen LogP contribution in [0.25, 0.3) is 0 Å². The fourth-order valence-corrected chi connectivity index (χ4v) is 3.15. The van der Waals surface area contributed by atoms with Crippen LogP contribution in [-0.4, -0.2) is 0 Å². The zero-order valence-corrected chi connectivity index (χ0v) is 7.92. The van der Waals surface area contributed by atoms with Crippen molar-refractivity contribution in [3.05, 3.63) is 24.3 Å². The third kappa shape index (κ3) is 1.14. The zero-order valence-electron chi connectivity index (χ0n) is 7.92. The molecule has 2 fully saturated rings. The van der Waals surface area contributed by atoms with Gasteiger partial charge in [0.25, 0.3) is 0 Å². The lowest BCUT2D eigenvalue weighted by atomic mass is 9.83. The highest BCUT2D eigenvalue weighted by atomic mass is 14.5. The molecule has 12 heavy (non-hydrogen) atoms. The van der Waals surface area contributed by atoms with E-state index in [9.17, 15) is 0 Å². The molecular formula is C12H18. The predicted octanol–water partition coefficient (Wildman–Crippen LogP) is 3.55. The van der Waals surface area contributed by atoms with Crippen LogP contribution in [0.2, 0.25) is 0 Å². The Bertz CT molecular complexity index is 212. The van der Waals surface area contributed by atoms with Gasteiger partial charge >= 0.3 is 0 Å². The second-order valence-corrected chi connectivity index (χ2v) is 4.30. The average Bonchev–Trinajstić information content (AvgIpc) is 2.62. The van der Waals surface area contributed by atoms with E-state index in [1.54, 1.807) is 5.57 Å². The monoisotopic (exact) mass is 162 g/mol. The van der Waals surface area contributed by atoms with Crippen molar-refractivity contribution >= 4 is 0 Å². The van der Waals surface area contributed by atoms with Crippen molar-refractivity contribution in [2.24, 2.45) is 17.8 Å². The van der Waals surface area contributed by atoms with E-state index in [2.05, 4.69) is 25.7 Å². The van der Waals surface area contributed by atoms with Crippen LogP contribution in [0, 0.1) is 17.8 Å². The van der Waals surface area contributed by atoms with E-state index >= 15 is 0 Å². The molecule has 0 aromatic heterocycles. The highest BCUT2D eigenvalue weighted by Gasteiger charge is 2.41. The van der Waals surface area contributed by atoms with Crippen LogP contribution < -0.4 is 0 Å². The van der Waals surface area contributed by atoms with Crippen LogP contribution in [0.15, 0.2) is 24.3 Å². The van der Waals surface area contributed by atoms with Gasteiger partial charge < -0.3 is 0 Å². The smallest absolute Gasteiger partial charge is 0.0169 e. The summed E-state index contributed by atoms with van der Waals surface area (Å²) < 4.78 is 0. The lowest BCUT2D eigenvalue weighted by Crippen LogP contribution is -2.11. The second-order valence-electron chi connectivity index (χ2n) is 4.30. The molecule has 2 bridgehead atoms. The zero-order chi connectivity index (χ0) is 8.55. The van der Waals surface area contributed by atoms with Crippen LogP contribution >= 0.6 is 0 Å². The van der Waals surface area contributed by atoms with Crippen molar-refractivity contribution < 1.29 is 0 Å². The molecule has 2 aliphatic rings. The van der Waals surface area contributed by atoms with Gasteiger partial charge in [-0.05, 0) is 50.4 Å². The molecule has 66 valence electrons. The number of hydrogen-bond donors (Lipinski definition) is 0. The minimum atomic E-state index is 0.929. The molecule has 0 amide bonds. The van der Waals surface area contributed by atoms with E-state index in [0.717, 1.165) is 17.8 Å². The predicted molar refractivity (Wildman–Crippen MR) is 52.9 cm³/mol. The molecule has 0 aromatic rings. The largest absolute Gasteiger partial charge is 0.103 e. The van der Waals surface area contributed by atoms with Crippen LogP contribution in [0.3, 0.4) is 0 Å². The van der Waals surface area contributed by atoms with Crippen LogP contribution in [0.5, 0.6) is 0 Å². The molecule has 0 aliphatic heterocycles. The molecule has 3 unspecified atom stereocenters. The molecule has 2 rings (SSSR count). The van der Waals surface area contributed by atoms with Crippen molar-refractivity contribution in [2.45, 2.75) is 32.6 Å². The highest BCUT2D eigenvalue weighted by molar-refractivity contribution is 5.18. The Hall–Kier alpha value is -0.520. The molecule has 0 heterocycles. The van der Waals surface area contributed by atoms with Gasteiger partial charge in [-0.3, -0.25) is 0 Å². The molecule has 0 nitrogen and oxygen atoms in total. The van der Waals surface area contributed by atoms with Crippen molar-refractivity contribution in [1.29, 1.82) is 0 Å². The van der Waals surface area contributed by atoms with Gasteiger partial charge in [-0.25, -0.2) is 0 Å². The van der Waals surface area contributed by atoms with Gasteiger partial charge in [-0.15, -0.1) is 6.58 Å². The Labute approximate surface area is 75.4 Å². The van der Waals surface area contributed by atoms with Gasteiger partial charge in [0.1, 0.15) is 0 Å². The van der Waals surface area contributed by atoms with Crippen molar-refractivity contribution in [2.75, 3.05) is 0 Å². The van der Waals surface area contributed by atoms with E-state index in [-0.39, 0.29) is 0 Å². The highest BCUT2D eigenvalue weighted by Crippen LogP contribution is 2.52. The van der Waals surface area contributed by atoms with E-state index in [1.807, 2.05) is 0 Å². The fraction of sp³-hybridized carbons (Fsp3) is 0.667. The molecule has 0 heteroatoms. The quantitative estimate of drug-likeness (QED) is 0.545. The topological polar surface area (TPSA) is 0 Å². The van der Waals surface area contributed by atoms with Crippen LogP contribution in [0.4, 0.5) is 0 Å². The van der Waals surface area contributed by atoms with Gasteiger partial charge in [-0.2, -0.15) is 0 Å². The number of allylic oxidation sites excluding steroid dienone is 3. The molecule has 0 radical (unpaired) electrons. The normalized spacial score (nSPS) is 42.4. The Morgan fingerprint density at radius 3 is 2.92 bits per heavy atom. The minimum Gasteiger partial charge on any atom is -0.103 e. The summed E-state index contributed by atoms with van der Waals surface area (Å²) in [7, 11) is 0. The molecule has 3 atom stereocenters. The third-order valence-electron chi connectivity index (χ3n) is 3.63. The van der Waals surface area contributed by atoms with E-state index in [0.29, 0.717) is 0 Å². The van der Waals surface area contributed by atoms with Gasteiger partial charge in [0.15, 0.2) is 0 Å². The standard InChI is InChI=1S/C12H18/c1-3-5-11-7-9-6-10(4-2)12(11)8-9/h3-4,9,11-12H,1,5-8H2,2H3. The van der Waals surface area contributed by atoms with Crippen LogP contribution in [-0.2, 0) is 0 Å². The van der Waals surface area contributed by atoms with E-state index in [4.69, 9.17) is 0 Å². The fourth-order valence-electron chi connectivity index (χ4n) is 3.15. The summed E-state index contributed by atoms with van der Waals surface area (Å²) in [5.74, 6) is 2.89. The van der Waals surface area contributed by atoms with Crippen LogP contribution in [0.1, 0.15) is 32.6 Å². The van der Waals surface area contributed by atoms with Crippen molar-refractivity contribution in [1.82, 2.24) is 0 Å². The van der Waals surface area contributed by atoms with E-state index < -0.39 is 0 Å². The first-order valence-electron chi connectivity index (χ1n) is 5.11. The van der Waals surface area contributed by atoms with Crippen molar-refractivity contribution in [3.63, 3.8) is 0 Å². The molecule has 0 spiro atoms. The van der Waals surface area contributed by atoms with Gasteiger partial charge in [0.2, 0.25) is 0 Å². The number of rotatable bonds is 2. The Morgan fingerprint density at radius 1 is 1.50 bits per heavy atom.